The maximum absolute atomic E-state index is 12.5. The van der Waals surface area contributed by atoms with E-state index in [4.69, 9.17) is 4.52 Å². The van der Waals surface area contributed by atoms with Gasteiger partial charge in [-0.1, -0.05) is 31.8 Å². The van der Waals surface area contributed by atoms with Crippen LogP contribution in [0.1, 0.15) is 81.5 Å². The molecule has 0 bridgehead atoms. The fourth-order valence-corrected chi connectivity index (χ4v) is 3.50. The van der Waals surface area contributed by atoms with Gasteiger partial charge < -0.3 is 14.9 Å². The van der Waals surface area contributed by atoms with E-state index in [9.17, 15) is 14.7 Å². The first-order valence-corrected chi connectivity index (χ1v) is 8.43. The van der Waals surface area contributed by atoms with E-state index in [2.05, 4.69) is 24.3 Å². The predicted octanol–water partition coefficient (Wildman–Crippen LogP) is 3.34. The zero-order valence-electron chi connectivity index (χ0n) is 14.1. The van der Waals surface area contributed by atoms with Gasteiger partial charge in [0.25, 0.3) is 5.91 Å². The average molecular weight is 322 g/mol. The third-order valence-corrected chi connectivity index (χ3v) is 5.06. The molecule has 2 atom stereocenters. The first-order chi connectivity index (χ1) is 10.9. The number of carboxylic acid groups (broad SMARTS) is 1. The summed E-state index contributed by atoms with van der Waals surface area (Å²) in [6, 6.07) is 1.68. The number of nitrogens with zero attached hydrogens (tertiary/aromatic N) is 1. The Kier molecular flexibility index (Phi) is 5.44. The number of nitrogens with one attached hydrogen (secondary N) is 1. The normalized spacial score (nSPS) is 24.6. The number of rotatable bonds is 6. The van der Waals surface area contributed by atoms with Crippen molar-refractivity contribution in [3.8, 4) is 0 Å². The Bertz CT molecular complexity index is 565. The van der Waals surface area contributed by atoms with Crippen LogP contribution >= 0.6 is 0 Å². The molecule has 1 fully saturated rings. The van der Waals surface area contributed by atoms with Gasteiger partial charge >= 0.3 is 5.97 Å². The number of amides is 1. The lowest BCUT2D eigenvalue weighted by atomic mass is 9.74. The summed E-state index contributed by atoms with van der Waals surface area (Å²) >= 11 is 0. The molecule has 1 aliphatic rings. The van der Waals surface area contributed by atoms with Crippen molar-refractivity contribution in [2.45, 2.75) is 70.8 Å². The minimum atomic E-state index is -0.859. The molecule has 0 radical (unpaired) electrons. The Balaban J connectivity index is 2.13. The van der Waals surface area contributed by atoms with Crippen molar-refractivity contribution in [3.05, 3.63) is 17.5 Å². The number of carboxylic acids is 1. The highest BCUT2D eigenvalue weighted by molar-refractivity contribution is 5.92. The summed E-state index contributed by atoms with van der Waals surface area (Å²) < 4.78 is 5.18. The van der Waals surface area contributed by atoms with Crippen LogP contribution in [0.4, 0.5) is 0 Å². The van der Waals surface area contributed by atoms with Crippen molar-refractivity contribution in [2.75, 3.05) is 0 Å². The van der Waals surface area contributed by atoms with Crippen LogP contribution < -0.4 is 5.32 Å². The first kappa shape index (κ1) is 17.5. The molecule has 1 aromatic heterocycles. The van der Waals surface area contributed by atoms with Gasteiger partial charge in [0.2, 0.25) is 5.76 Å². The van der Waals surface area contributed by atoms with E-state index in [0.29, 0.717) is 12.8 Å². The number of carbonyl (C=O) groups is 2. The van der Waals surface area contributed by atoms with Crippen LogP contribution in [0.2, 0.25) is 0 Å². The second-order valence-corrected chi connectivity index (χ2v) is 6.64. The van der Waals surface area contributed by atoms with E-state index < -0.39 is 17.4 Å². The van der Waals surface area contributed by atoms with Crippen molar-refractivity contribution in [3.63, 3.8) is 0 Å². The van der Waals surface area contributed by atoms with Gasteiger partial charge in [-0.15, -0.1) is 0 Å². The molecule has 1 heterocycles. The zero-order valence-corrected chi connectivity index (χ0v) is 14.1. The Labute approximate surface area is 136 Å². The maximum Gasteiger partial charge on any atom is 0.308 e. The molecule has 2 N–H and O–H groups in total. The maximum atomic E-state index is 12.5. The average Bonchev–Trinajstić information content (AvgIpc) is 2.98. The topological polar surface area (TPSA) is 92.4 Å². The number of aromatic nitrogens is 1. The van der Waals surface area contributed by atoms with Crippen molar-refractivity contribution in [1.29, 1.82) is 0 Å². The second kappa shape index (κ2) is 7.15. The lowest BCUT2D eigenvalue weighted by molar-refractivity contribution is -0.145. The molecule has 1 aliphatic carbocycles. The van der Waals surface area contributed by atoms with Crippen LogP contribution in [0.3, 0.4) is 0 Å². The van der Waals surface area contributed by atoms with Crippen LogP contribution in [0.5, 0.6) is 0 Å². The van der Waals surface area contributed by atoms with Gasteiger partial charge in [0, 0.05) is 12.0 Å². The number of carbonyl (C=O) groups excluding carboxylic acids is 1. The molecule has 1 aromatic rings. The lowest BCUT2D eigenvalue weighted by Gasteiger charge is -2.39. The highest BCUT2D eigenvalue weighted by atomic mass is 16.5. The second-order valence-electron chi connectivity index (χ2n) is 6.64. The van der Waals surface area contributed by atoms with Gasteiger partial charge in [0.05, 0.1) is 17.2 Å². The Morgan fingerprint density at radius 1 is 1.43 bits per heavy atom. The zero-order chi connectivity index (χ0) is 17.0. The quantitative estimate of drug-likeness (QED) is 0.838. The molecule has 0 spiro atoms. The Morgan fingerprint density at radius 2 is 2.13 bits per heavy atom. The van der Waals surface area contributed by atoms with Gasteiger partial charge in [-0.2, -0.15) is 0 Å². The fourth-order valence-electron chi connectivity index (χ4n) is 3.50. The molecule has 128 valence electrons. The molecule has 23 heavy (non-hydrogen) atoms. The minimum absolute atomic E-state index is 0.155. The molecule has 2 unspecified atom stereocenters. The predicted molar refractivity (Wildman–Crippen MR) is 85.3 cm³/mol. The van der Waals surface area contributed by atoms with Crippen molar-refractivity contribution < 1.29 is 19.2 Å². The van der Waals surface area contributed by atoms with Gasteiger partial charge in [0.15, 0.2) is 0 Å². The van der Waals surface area contributed by atoms with Crippen LogP contribution in [0.15, 0.2) is 10.6 Å². The van der Waals surface area contributed by atoms with Crippen molar-refractivity contribution >= 4 is 11.9 Å². The lowest BCUT2D eigenvalue weighted by Crippen LogP contribution is -2.55. The molecule has 6 heteroatoms. The summed E-state index contributed by atoms with van der Waals surface area (Å²) in [5.41, 5.74) is 0.0342. The van der Waals surface area contributed by atoms with E-state index in [1.807, 2.05) is 0 Å². The molecule has 0 saturated heterocycles. The molecule has 0 aromatic carbocycles. The summed E-state index contributed by atoms with van der Waals surface area (Å²) in [4.78, 5) is 23.9. The smallest absolute Gasteiger partial charge is 0.308 e. The SMILES string of the molecule is CCC(CC)c1cc(C(=O)NC2(C)CCCCC2C(=O)O)on1. The van der Waals surface area contributed by atoms with E-state index in [1.165, 1.54) is 0 Å². The summed E-state index contributed by atoms with van der Waals surface area (Å²) in [7, 11) is 0. The van der Waals surface area contributed by atoms with Crippen molar-refractivity contribution in [1.82, 2.24) is 10.5 Å². The summed E-state index contributed by atoms with van der Waals surface area (Å²) in [6.45, 7) is 5.95. The van der Waals surface area contributed by atoms with Gasteiger partial charge in [0.1, 0.15) is 0 Å². The molecule has 2 rings (SSSR count). The number of aliphatic carboxylic acids is 1. The van der Waals surface area contributed by atoms with E-state index in [0.717, 1.165) is 31.4 Å². The molecular weight excluding hydrogens is 296 g/mol. The van der Waals surface area contributed by atoms with Gasteiger partial charge in [-0.05, 0) is 32.6 Å². The van der Waals surface area contributed by atoms with Gasteiger partial charge in [-0.25, -0.2) is 0 Å². The molecule has 1 saturated carbocycles. The van der Waals surface area contributed by atoms with E-state index >= 15 is 0 Å². The van der Waals surface area contributed by atoms with E-state index in [1.54, 1.807) is 13.0 Å². The summed E-state index contributed by atoms with van der Waals surface area (Å²) in [5, 5.41) is 16.3. The minimum Gasteiger partial charge on any atom is -0.481 e. The number of hydrogen-bond donors (Lipinski definition) is 2. The third-order valence-electron chi connectivity index (χ3n) is 5.06. The fraction of sp³-hybridized carbons (Fsp3) is 0.706. The molecule has 1 amide bonds. The van der Waals surface area contributed by atoms with Crippen LogP contribution in [0, 0.1) is 5.92 Å². The largest absolute Gasteiger partial charge is 0.481 e. The number of hydrogen-bond acceptors (Lipinski definition) is 4. The van der Waals surface area contributed by atoms with Crippen LogP contribution in [0.25, 0.3) is 0 Å². The van der Waals surface area contributed by atoms with Crippen LogP contribution in [-0.2, 0) is 4.79 Å². The summed E-state index contributed by atoms with van der Waals surface area (Å²) in [5.74, 6) is -1.38. The van der Waals surface area contributed by atoms with Gasteiger partial charge in [-0.3, -0.25) is 9.59 Å². The van der Waals surface area contributed by atoms with Crippen LogP contribution in [-0.4, -0.2) is 27.7 Å². The Hall–Kier alpha value is -1.85. The Morgan fingerprint density at radius 3 is 2.74 bits per heavy atom. The standard InChI is InChI=1S/C17H26N2O4/c1-4-11(5-2)13-10-14(23-19-13)15(20)18-17(3)9-7-6-8-12(17)16(21)22/h10-12H,4-9H2,1-3H3,(H,18,20)(H,21,22). The highest BCUT2D eigenvalue weighted by Crippen LogP contribution is 2.34. The molecule has 0 aliphatic heterocycles. The van der Waals surface area contributed by atoms with E-state index in [-0.39, 0.29) is 17.6 Å². The third kappa shape index (κ3) is 3.74. The molecule has 6 nitrogen and oxygen atoms in total. The monoisotopic (exact) mass is 322 g/mol. The summed E-state index contributed by atoms with van der Waals surface area (Å²) in [6.07, 6.45) is 4.90. The highest BCUT2D eigenvalue weighted by Gasteiger charge is 2.42. The van der Waals surface area contributed by atoms with Crippen molar-refractivity contribution in [2.24, 2.45) is 5.92 Å². The molecular formula is C17H26N2O4. The first-order valence-electron chi connectivity index (χ1n) is 8.43.